The largest absolute Gasteiger partial charge is 0.461 e. The highest BCUT2D eigenvalue weighted by molar-refractivity contribution is 7.99. The van der Waals surface area contributed by atoms with Crippen molar-refractivity contribution in [3.8, 4) is 0 Å². The maximum atomic E-state index is 12.3. The first-order chi connectivity index (χ1) is 11.1. The molecule has 0 bridgehead atoms. The zero-order valence-electron chi connectivity index (χ0n) is 12.9. The summed E-state index contributed by atoms with van der Waals surface area (Å²) in [5.74, 6) is -0.335. The van der Waals surface area contributed by atoms with Gasteiger partial charge >= 0.3 is 5.97 Å². The molecule has 2 aromatic carbocycles. The second-order valence-electron chi connectivity index (χ2n) is 5.15. The van der Waals surface area contributed by atoms with Gasteiger partial charge in [0, 0.05) is 20.8 Å². The molecule has 0 atom stereocenters. The summed E-state index contributed by atoms with van der Waals surface area (Å²) in [5, 5.41) is 1.70. The third-order valence-electron chi connectivity index (χ3n) is 3.42. The topological polar surface area (TPSA) is 42.1 Å². The van der Waals surface area contributed by atoms with Crippen molar-refractivity contribution in [1.29, 1.82) is 0 Å². The smallest absolute Gasteiger partial charge is 0.355 e. The number of carbonyl (C=O) groups excluding carboxylic acids is 1. The third kappa shape index (κ3) is 3.38. The van der Waals surface area contributed by atoms with Crippen molar-refractivity contribution in [2.75, 3.05) is 6.61 Å². The molecule has 1 aromatic heterocycles. The first-order valence-corrected chi connectivity index (χ1v) is 8.51. The highest BCUT2D eigenvalue weighted by Crippen LogP contribution is 2.37. The number of halogens is 1. The molecule has 1 heterocycles. The van der Waals surface area contributed by atoms with Crippen LogP contribution in [-0.2, 0) is 4.74 Å². The first kappa shape index (κ1) is 16.0. The third-order valence-corrected chi connectivity index (χ3v) is 4.81. The van der Waals surface area contributed by atoms with Crippen LogP contribution in [0.4, 0.5) is 0 Å². The molecule has 3 rings (SSSR count). The van der Waals surface area contributed by atoms with E-state index in [1.54, 1.807) is 6.92 Å². The second kappa shape index (κ2) is 6.69. The van der Waals surface area contributed by atoms with Gasteiger partial charge in [0.25, 0.3) is 0 Å². The minimum Gasteiger partial charge on any atom is -0.461 e. The number of aromatic amines is 1. The molecule has 0 amide bonds. The molecular formula is C18H16ClNO2S. The fourth-order valence-corrected chi connectivity index (χ4v) is 3.52. The van der Waals surface area contributed by atoms with E-state index in [1.165, 1.54) is 11.8 Å². The van der Waals surface area contributed by atoms with Crippen LogP contribution in [0.2, 0.25) is 5.02 Å². The summed E-state index contributed by atoms with van der Waals surface area (Å²) in [6, 6.07) is 13.7. The minimum atomic E-state index is -0.335. The van der Waals surface area contributed by atoms with E-state index in [1.807, 2.05) is 49.4 Å². The van der Waals surface area contributed by atoms with Crippen molar-refractivity contribution in [3.63, 3.8) is 0 Å². The maximum Gasteiger partial charge on any atom is 0.355 e. The highest BCUT2D eigenvalue weighted by Gasteiger charge is 2.20. The van der Waals surface area contributed by atoms with E-state index >= 15 is 0 Å². The standard InChI is InChI=1S/C18H16ClNO2S/c1-3-22-18(21)16-17(23-13-7-5-12(19)6-8-13)14-9-4-11(2)10-15(14)20-16/h4-10,20H,3H2,1-2H3. The number of ether oxygens (including phenoxy) is 1. The molecule has 0 fully saturated rings. The quantitative estimate of drug-likeness (QED) is 0.638. The van der Waals surface area contributed by atoms with Crippen molar-refractivity contribution >= 4 is 40.2 Å². The van der Waals surface area contributed by atoms with E-state index < -0.39 is 0 Å². The number of aryl methyl sites for hydroxylation is 1. The minimum absolute atomic E-state index is 0.335. The summed E-state index contributed by atoms with van der Waals surface area (Å²) in [7, 11) is 0. The maximum absolute atomic E-state index is 12.3. The Labute approximate surface area is 144 Å². The molecule has 0 spiro atoms. The summed E-state index contributed by atoms with van der Waals surface area (Å²) in [6.45, 7) is 4.17. The van der Waals surface area contributed by atoms with Crippen LogP contribution in [0.1, 0.15) is 23.0 Å². The molecule has 0 aliphatic rings. The van der Waals surface area contributed by atoms with E-state index in [0.717, 1.165) is 26.3 Å². The molecule has 0 radical (unpaired) electrons. The molecule has 0 saturated carbocycles. The summed E-state index contributed by atoms with van der Waals surface area (Å²) < 4.78 is 5.18. The number of benzene rings is 2. The normalized spacial score (nSPS) is 10.9. The summed E-state index contributed by atoms with van der Waals surface area (Å²) in [5.41, 5.74) is 2.56. The van der Waals surface area contributed by atoms with Gasteiger partial charge in [0.05, 0.1) is 11.5 Å². The van der Waals surface area contributed by atoms with Gasteiger partial charge < -0.3 is 9.72 Å². The van der Waals surface area contributed by atoms with Crippen LogP contribution in [-0.4, -0.2) is 17.6 Å². The second-order valence-corrected chi connectivity index (χ2v) is 6.67. The average Bonchev–Trinajstić information content (AvgIpc) is 2.87. The molecule has 1 N–H and O–H groups in total. The lowest BCUT2D eigenvalue weighted by Crippen LogP contribution is -2.06. The van der Waals surface area contributed by atoms with Gasteiger partial charge in [0.2, 0.25) is 0 Å². The molecule has 23 heavy (non-hydrogen) atoms. The number of hydrogen-bond acceptors (Lipinski definition) is 3. The first-order valence-electron chi connectivity index (χ1n) is 7.31. The molecule has 3 nitrogen and oxygen atoms in total. The molecule has 0 saturated heterocycles. The summed E-state index contributed by atoms with van der Waals surface area (Å²) in [4.78, 5) is 17.4. The number of esters is 1. The Morgan fingerprint density at radius 1 is 1.22 bits per heavy atom. The Balaban J connectivity index is 2.09. The Bertz CT molecular complexity index is 855. The van der Waals surface area contributed by atoms with Gasteiger partial charge in [-0.2, -0.15) is 0 Å². The number of H-pyrrole nitrogens is 1. The lowest BCUT2D eigenvalue weighted by Gasteiger charge is -2.05. The van der Waals surface area contributed by atoms with Crippen LogP contribution < -0.4 is 0 Å². The number of carbonyl (C=O) groups is 1. The van der Waals surface area contributed by atoms with Gasteiger partial charge in [0.1, 0.15) is 5.69 Å². The van der Waals surface area contributed by atoms with Gasteiger partial charge in [-0.15, -0.1) is 0 Å². The fourth-order valence-electron chi connectivity index (χ4n) is 2.36. The lowest BCUT2D eigenvalue weighted by atomic mass is 10.2. The monoisotopic (exact) mass is 345 g/mol. The van der Waals surface area contributed by atoms with Crippen LogP contribution in [0.3, 0.4) is 0 Å². The molecule has 0 unspecified atom stereocenters. The SMILES string of the molecule is CCOC(=O)c1[nH]c2cc(C)ccc2c1Sc1ccc(Cl)cc1. The van der Waals surface area contributed by atoms with E-state index in [-0.39, 0.29) is 5.97 Å². The van der Waals surface area contributed by atoms with Gasteiger partial charge in [-0.3, -0.25) is 0 Å². The van der Waals surface area contributed by atoms with Crippen molar-refractivity contribution < 1.29 is 9.53 Å². The predicted molar refractivity (Wildman–Crippen MR) is 94.6 cm³/mol. The van der Waals surface area contributed by atoms with Gasteiger partial charge in [0.15, 0.2) is 0 Å². The van der Waals surface area contributed by atoms with Crippen molar-refractivity contribution in [1.82, 2.24) is 4.98 Å². The number of hydrogen-bond donors (Lipinski definition) is 1. The van der Waals surface area contributed by atoms with E-state index in [4.69, 9.17) is 16.3 Å². The van der Waals surface area contributed by atoms with E-state index in [9.17, 15) is 4.79 Å². The van der Waals surface area contributed by atoms with E-state index in [2.05, 4.69) is 4.98 Å². The Morgan fingerprint density at radius 2 is 1.96 bits per heavy atom. The number of aromatic nitrogens is 1. The van der Waals surface area contributed by atoms with Crippen molar-refractivity contribution in [3.05, 3.63) is 58.7 Å². The van der Waals surface area contributed by atoms with Crippen LogP contribution >= 0.6 is 23.4 Å². The van der Waals surface area contributed by atoms with Crippen LogP contribution in [0.25, 0.3) is 10.9 Å². The Hall–Kier alpha value is -1.91. The van der Waals surface area contributed by atoms with Crippen molar-refractivity contribution in [2.45, 2.75) is 23.6 Å². The highest BCUT2D eigenvalue weighted by atomic mass is 35.5. The summed E-state index contributed by atoms with van der Waals surface area (Å²) in [6.07, 6.45) is 0. The number of fused-ring (bicyclic) bond motifs is 1. The van der Waals surface area contributed by atoms with Gasteiger partial charge in [-0.25, -0.2) is 4.79 Å². The summed E-state index contributed by atoms with van der Waals surface area (Å²) >= 11 is 7.47. The predicted octanol–water partition coefficient (Wildman–Crippen LogP) is 5.46. The lowest BCUT2D eigenvalue weighted by molar-refractivity contribution is 0.0516. The van der Waals surface area contributed by atoms with Gasteiger partial charge in [-0.05, 0) is 49.7 Å². The zero-order chi connectivity index (χ0) is 16.4. The molecule has 0 aliphatic carbocycles. The molecule has 118 valence electrons. The number of rotatable bonds is 4. The van der Waals surface area contributed by atoms with Gasteiger partial charge in [-0.1, -0.05) is 35.5 Å². The molecular weight excluding hydrogens is 330 g/mol. The molecule has 0 aliphatic heterocycles. The fraction of sp³-hybridized carbons (Fsp3) is 0.167. The zero-order valence-corrected chi connectivity index (χ0v) is 14.4. The molecule has 5 heteroatoms. The van der Waals surface area contributed by atoms with E-state index in [0.29, 0.717) is 17.3 Å². The number of nitrogens with one attached hydrogen (secondary N) is 1. The van der Waals surface area contributed by atoms with Crippen molar-refractivity contribution in [2.24, 2.45) is 0 Å². The average molecular weight is 346 g/mol. The molecule has 3 aromatic rings. The Morgan fingerprint density at radius 3 is 2.65 bits per heavy atom. The van der Waals surface area contributed by atoms with Crippen LogP contribution in [0.15, 0.2) is 52.3 Å². The van der Waals surface area contributed by atoms with Crippen LogP contribution in [0.5, 0.6) is 0 Å². The van der Waals surface area contributed by atoms with Crippen LogP contribution in [0, 0.1) is 6.92 Å². The Kier molecular flexibility index (Phi) is 4.64.